The number of aromatic nitrogens is 3. The number of rotatable bonds is 4. The van der Waals surface area contributed by atoms with E-state index in [9.17, 15) is 0 Å². The van der Waals surface area contributed by atoms with Gasteiger partial charge < -0.3 is 0 Å². The molecule has 0 bridgehead atoms. The molecule has 0 N–H and O–H groups in total. The normalized spacial score (nSPS) is 13.9. The summed E-state index contributed by atoms with van der Waals surface area (Å²) in [6, 6.07) is 13.8. The van der Waals surface area contributed by atoms with Crippen molar-refractivity contribution in [1.29, 1.82) is 0 Å². The second kappa shape index (κ2) is 8.44. The van der Waals surface area contributed by atoms with Gasteiger partial charge in [-0.25, -0.2) is 9.97 Å². The molecule has 4 heterocycles. The van der Waals surface area contributed by atoms with E-state index in [1.807, 2.05) is 36.7 Å². The van der Waals surface area contributed by atoms with Crippen molar-refractivity contribution < 1.29 is 0 Å². The lowest BCUT2D eigenvalue weighted by Gasteiger charge is -2.28. The topological polar surface area (TPSA) is 41.9 Å². The van der Waals surface area contributed by atoms with Gasteiger partial charge in [-0.05, 0) is 35.2 Å². The molecule has 1 aliphatic heterocycles. The number of thiophene rings is 1. The van der Waals surface area contributed by atoms with E-state index in [2.05, 4.69) is 32.4 Å². The molecule has 1 aliphatic rings. The van der Waals surface area contributed by atoms with Crippen molar-refractivity contribution in [3.8, 4) is 22.0 Å². The highest BCUT2D eigenvalue weighted by Gasteiger charge is 2.19. The SMILES string of the molecule is Clc1ccc(-c2ccc(CN3CCc4nc(-c5cccs5)ncc4C3)cn2)cc1Cl. The van der Waals surface area contributed by atoms with Crippen molar-refractivity contribution in [2.45, 2.75) is 19.5 Å². The van der Waals surface area contributed by atoms with E-state index in [-0.39, 0.29) is 0 Å². The van der Waals surface area contributed by atoms with Crippen molar-refractivity contribution in [2.24, 2.45) is 0 Å². The molecule has 0 spiro atoms. The maximum atomic E-state index is 6.13. The highest BCUT2D eigenvalue weighted by molar-refractivity contribution is 7.13. The van der Waals surface area contributed by atoms with Crippen LogP contribution < -0.4 is 0 Å². The van der Waals surface area contributed by atoms with Gasteiger partial charge in [0.2, 0.25) is 0 Å². The van der Waals surface area contributed by atoms with Crippen LogP contribution in [0.3, 0.4) is 0 Å². The van der Waals surface area contributed by atoms with Crippen molar-refractivity contribution in [3.05, 3.63) is 87.1 Å². The predicted octanol–water partition coefficient (Wildman–Crippen LogP) is 6.13. The number of pyridine rings is 1. The van der Waals surface area contributed by atoms with E-state index >= 15 is 0 Å². The Kier molecular flexibility index (Phi) is 5.52. The molecule has 0 amide bonds. The standard InChI is InChI=1S/C23H18Cl2N4S/c24-18-5-4-16(10-19(18)25)20-6-3-15(11-26-20)13-29-8-7-21-17(14-29)12-27-23(28-21)22-2-1-9-30-22/h1-6,9-12H,7-8,13-14H2. The smallest absolute Gasteiger partial charge is 0.169 e. The molecule has 0 saturated carbocycles. The molecule has 0 fully saturated rings. The van der Waals surface area contributed by atoms with Crippen molar-refractivity contribution in [2.75, 3.05) is 6.54 Å². The fourth-order valence-electron chi connectivity index (χ4n) is 3.64. The molecule has 3 aromatic heterocycles. The first-order valence-electron chi connectivity index (χ1n) is 9.67. The van der Waals surface area contributed by atoms with Crippen LogP contribution in [-0.2, 0) is 19.5 Å². The summed E-state index contributed by atoms with van der Waals surface area (Å²) >= 11 is 13.8. The predicted molar refractivity (Wildman–Crippen MR) is 123 cm³/mol. The summed E-state index contributed by atoms with van der Waals surface area (Å²) in [4.78, 5) is 17.5. The molecule has 0 aliphatic carbocycles. The van der Waals surface area contributed by atoms with Crippen LogP contribution in [0.4, 0.5) is 0 Å². The minimum absolute atomic E-state index is 0.538. The van der Waals surface area contributed by atoms with E-state index in [0.29, 0.717) is 10.0 Å². The van der Waals surface area contributed by atoms with Crippen LogP contribution in [0.1, 0.15) is 16.8 Å². The highest BCUT2D eigenvalue weighted by atomic mass is 35.5. The van der Waals surface area contributed by atoms with Gasteiger partial charge in [0.05, 0.1) is 26.3 Å². The van der Waals surface area contributed by atoms with E-state index in [4.69, 9.17) is 28.2 Å². The van der Waals surface area contributed by atoms with Gasteiger partial charge in [0, 0.05) is 49.6 Å². The molecular formula is C23H18Cl2N4S. The highest BCUT2D eigenvalue weighted by Crippen LogP contribution is 2.28. The van der Waals surface area contributed by atoms with Crippen LogP contribution in [0.25, 0.3) is 22.0 Å². The van der Waals surface area contributed by atoms with Gasteiger partial charge in [0.1, 0.15) is 0 Å². The Labute approximate surface area is 189 Å². The Hall–Kier alpha value is -2.31. The van der Waals surface area contributed by atoms with E-state index in [1.165, 1.54) is 11.1 Å². The third-order valence-corrected chi connectivity index (χ3v) is 6.81. The maximum Gasteiger partial charge on any atom is 0.169 e. The summed E-state index contributed by atoms with van der Waals surface area (Å²) in [5, 5.41) is 3.14. The zero-order chi connectivity index (χ0) is 20.5. The van der Waals surface area contributed by atoms with Gasteiger partial charge in [-0.15, -0.1) is 11.3 Å². The lowest BCUT2D eigenvalue weighted by molar-refractivity contribution is 0.242. The molecule has 0 unspecified atom stereocenters. The van der Waals surface area contributed by atoms with Crippen LogP contribution in [0.2, 0.25) is 10.0 Å². The Morgan fingerprint density at radius 3 is 2.70 bits per heavy atom. The van der Waals surface area contributed by atoms with E-state index in [1.54, 1.807) is 17.4 Å². The summed E-state index contributed by atoms with van der Waals surface area (Å²) in [6.45, 7) is 2.68. The molecule has 7 heteroatoms. The zero-order valence-corrected chi connectivity index (χ0v) is 18.4. The third kappa shape index (κ3) is 4.12. The van der Waals surface area contributed by atoms with Crippen molar-refractivity contribution >= 4 is 34.5 Å². The second-order valence-electron chi connectivity index (χ2n) is 7.28. The minimum Gasteiger partial charge on any atom is -0.294 e. The average Bonchev–Trinajstić information content (AvgIpc) is 3.31. The number of hydrogen-bond donors (Lipinski definition) is 0. The monoisotopic (exact) mass is 452 g/mol. The van der Waals surface area contributed by atoms with Gasteiger partial charge in [0.25, 0.3) is 0 Å². The zero-order valence-electron chi connectivity index (χ0n) is 16.1. The van der Waals surface area contributed by atoms with Crippen LogP contribution in [0.5, 0.6) is 0 Å². The third-order valence-electron chi connectivity index (χ3n) is 5.20. The molecule has 1 aromatic carbocycles. The average molecular weight is 453 g/mol. The van der Waals surface area contributed by atoms with Gasteiger partial charge in [-0.1, -0.05) is 41.4 Å². The molecule has 5 rings (SSSR count). The minimum atomic E-state index is 0.538. The van der Waals surface area contributed by atoms with Gasteiger partial charge in [-0.3, -0.25) is 9.88 Å². The van der Waals surface area contributed by atoms with Crippen LogP contribution in [0, 0.1) is 0 Å². The summed E-state index contributed by atoms with van der Waals surface area (Å²) in [7, 11) is 0. The molecule has 150 valence electrons. The molecule has 0 atom stereocenters. The van der Waals surface area contributed by atoms with E-state index in [0.717, 1.165) is 53.7 Å². The molecule has 30 heavy (non-hydrogen) atoms. The molecule has 4 aromatic rings. The Morgan fingerprint density at radius 1 is 1.00 bits per heavy atom. The summed E-state index contributed by atoms with van der Waals surface area (Å²) < 4.78 is 0. The maximum absolute atomic E-state index is 6.13. The molecule has 0 saturated heterocycles. The van der Waals surface area contributed by atoms with Crippen molar-refractivity contribution in [3.63, 3.8) is 0 Å². The Morgan fingerprint density at radius 2 is 1.93 bits per heavy atom. The second-order valence-corrected chi connectivity index (χ2v) is 9.05. The molecular weight excluding hydrogens is 435 g/mol. The van der Waals surface area contributed by atoms with Gasteiger partial charge >= 0.3 is 0 Å². The Balaban J connectivity index is 1.27. The lowest BCUT2D eigenvalue weighted by Crippen LogP contribution is -2.31. The summed E-state index contributed by atoms with van der Waals surface area (Å²) in [5.41, 5.74) is 5.40. The Bertz CT molecular complexity index is 1180. The number of benzene rings is 1. The lowest BCUT2D eigenvalue weighted by atomic mass is 10.1. The van der Waals surface area contributed by atoms with Crippen LogP contribution in [0.15, 0.2) is 60.2 Å². The van der Waals surface area contributed by atoms with Crippen LogP contribution >= 0.6 is 34.5 Å². The number of fused-ring (bicyclic) bond motifs is 1. The number of halogens is 2. The number of nitrogens with zero attached hydrogens (tertiary/aromatic N) is 4. The summed E-state index contributed by atoms with van der Waals surface area (Å²) in [5.74, 6) is 0.833. The quantitative estimate of drug-likeness (QED) is 0.373. The number of hydrogen-bond acceptors (Lipinski definition) is 5. The fourth-order valence-corrected chi connectivity index (χ4v) is 4.60. The van der Waals surface area contributed by atoms with Gasteiger partial charge in [0.15, 0.2) is 5.82 Å². The first-order chi connectivity index (χ1) is 14.7. The van der Waals surface area contributed by atoms with Crippen LogP contribution in [-0.4, -0.2) is 26.4 Å². The van der Waals surface area contributed by atoms with E-state index < -0.39 is 0 Å². The van der Waals surface area contributed by atoms with Crippen molar-refractivity contribution in [1.82, 2.24) is 19.9 Å². The first-order valence-corrected chi connectivity index (χ1v) is 11.3. The first kappa shape index (κ1) is 19.6. The molecule has 0 radical (unpaired) electrons. The fraction of sp³-hybridized carbons (Fsp3) is 0.174. The molecule has 4 nitrogen and oxygen atoms in total. The largest absolute Gasteiger partial charge is 0.294 e. The van der Waals surface area contributed by atoms with Gasteiger partial charge in [-0.2, -0.15) is 0 Å². The summed E-state index contributed by atoms with van der Waals surface area (Å²) in [6.07, 6.45) is 4.85.